The molecule has 0 saturated heterocycles. The van der Waals surface area contributed by atoms with Crippen LogP contribution in [0.15, 0.2) is 30.3 Å². The van der Waals surface area contributed by atoms with Crippen molar-refractivity contribution in [3.05, 3.63) is 63.7 Å². The van der Waals surface area contributed by atoms with Crippen molar-refractivity contribution in [3.8, 4) is 5.75 Å². The van der Waals surface area contributed by atoms with Crippen LogP contribution in [0.5, 0.6) is 5.75 Å². The first-order chi connectivity index (χ1) is 9.56. The van der Waals surface area contributed by atoms with Gasteiger partial charge in [0, 0.05) is 12.5 Å². The van der Waals surface area contributed by atoms with Crippen molar-refractivity contribution in [2.24, 2.45) is 0 Å². The lowest BCUT2D eigenvalue weighted by molar-refractivity contribution is 0.406. The standard InChI is InChI=1S/C15H10ClF2O2/c1-20-14-7-13(17)11(8-19)6-10(14)5-9-3-2-4-12(16)15(9)18/h2-4,6-7H,5H2,1H3. The van der Waals surface area contributed by atoms with Crippen LogP contribution in [0.4, 0.5) is 8.78 Å². The average Bonchev–Trinajstić information content (AvgIpc) is 2.45. The van der Waals surface area contributed by atoms with Gasteiger partial charge in [0.25, 0.3) is 0 Å². The minimum absolute atomic E-state index is 0.00533. The number of halogens is 3. The molecular weight excluding hydrogens is 286 g/mol. The second-order valence-corrected chi connectivity index (χ2v) is 4.54. The predicted molar refractivity (Wildman–Crippen MR) is 72.0 cm³/mol. The van der Waals surface area contributed by atoms with Crippen LogP contribution in [0.25, 0.3) is 0 Å². The summed E-state index contributed by atoms with van der Waals surface area (Å²) in [6.07, 6.45) is 1.63. The fourth-order valence-corrected chi connectivity index (χ4v) is 2.09. The van der Waals surface area contributed by atoms with E-state index in [9.17, 15) is 13.6 Å². The highest BCUT2D eigenvalue weighted by Gasteiger charge is 2.14. The average molecular weight is 296 g/mol. The molecule has 20 heavy (non-hydrogen) atoms. The van der Waals surface area contributed by atoms with Crippen molar-refractivity contribution in [3.63, 3.8) is 0 Å². The smallest absolute Gasteiger partial charge is 0.236 e. The van der Waals surface area contributed by atoms with Gasteiger partial charge >= 0.3 is 0 Å². The van der Waals surface area contributed by atoms with E-state index in [2.05, 4.69) is 0 Å². The van der Waals surface area contributed by atoms with Crippen LogP contribution in [-0.4, -0.2) is 13.4 Å². The van der Waals surface area contributed by atoms with E-state index in [-0.39, 0.29) is 22.8 Å². The van der Waals surface area contributed by atoms with Crippen molar-refractivity contribution in [1.29, 1.82) is 0 Å². The largest absolute Gasteiger partial charge is 0.496 e. The first-order valence-corrected chi connectivity index (χ1v) is 6.12. The summed E-state index contributed by atoms with van der Waals surface area (Å²) >= 11 is 5.71. The Labute approximate surface area is 119 Å². The highest BCUT2D eigenvalue weighted by Crippen LogP contribution is 2.27. The Kier molecular flexibility index (Phi) is 4.35. The van der Waals surface area contributed by atoms with Gasteiger partial charge in [-0.05, 0) is 23.3 Å². The van der Waals surface area contributed by atoms with Gasteiger partial charge in [-0.15, -0.1) is 0 Å². The van der Waals surface area contributed by atoms with E-state index in [1.165, 1.54) is 25.5 Å². The number of benzene rings is 2. The molecule has 0 aliphatic rings. The summed E-state index contributed by atoms with van der Waals surface area (Å²) < 4.78 is 32.4. The van der Waals surface area contributed by atoms with Crippen molar-refractivity contribution in [2.45, 2.75) is 6.42 Å². The van der Waals surface area contributed by atoms with Gasteiger partial charge in [0.05, 0.1) is 17.7 Å². The monoisotopic (exact) mass is 295 g/mol. The van der Waals surface area contributed by atoms with E-state index in [0.717, 1.165) is 6.07 Å². The Balaban J connectivity index is 2.47. The molecule has 2 nitrogen and oxygen atoms in total. The quantitative estimate of drug-likeness (QED) is 0.860. The van der Waals surface area contributed by atoms with Crippen LogP contribution in [0.3, 0.4) is 0 Å². The van der Waals surface area contributed by atoms with E-state index in [1.807, 2.05) is 0 Å². The Morgan fingerprint density at radius 1 is 1.25 bits per heavy atom. The molecule has 2 rings (SSSR count). The molecule has 0 aliphatic heterocycles. The molecule has 0 aromatic heterocycles. The van der Waals surface area contributed by atoms with Gasteiger partial charge in [0.2, 0.25) is 6.29 Å². The fourth-order valence-electron chi connectivity index (χ4n) is 1.90. The van der Waals surface area contributed by atoms with Crippen LogP contribution in [0.2, 0.25) is 5.02 Å². The van der Waals surface area contributed by atoms with E-state index in [4.69, 9.17) is 16.3 Å². The first kappa shape index (κ1) is 14.5. The van der Waals surface area contributed by atoms with E-state index in [1.54, 1.807) is 12.1 Å². The van der Waals surface area contributed by atoms with Crippen LogP contribution in [-0.2, 0) is 11.2 Å². The maximum Gasteiger partial charge on any atom is 0.236 e. The maximum atomic E-state index is 13.9. The number of methoxy groups -OCH3 is 1. The molecule has 1 radical (unpaired) electrons. The molecule has 0 bridgehead atoms. The molecule has 103 valence electrons. The molecule has 0 aliphatic carbocycles. The summed E-state index contributed by atoms with van der Waals surface area (Å²) in [7, 11) is 1.37. The molecule has 2 aromatic rings. The van der Waals surface area contributed by atoms with E-state index in [0.29, 0.717) is 11.1 Å². The molecular formula is C15H10ClF2O2. The minimum Gasteiger partial charge on any atom is -0.496 e. The summed E-state index contributed by atoms with van der Waals surface area (Å²) in [6, 6.07) is 6.99. The highest BCUT2D eigenvalue weighted by molar-refractivity contribution is 6.30. The van der Waals surface area contributed by atoms with Gasteiger partial charge in [-0.1, -0.05) is 23.7 Å². The molecule has 2 aromatic carbocycles. The lowest BCUT2D eigenvalue weighted by atomic mass is 10.0. The van der Waals surface area contributed by atoms with Crippen LogP contribution >= 0.6 is 11.6 Å². The van der Waals surface area contributed by atoms with Crippen LogP contribution < -0.4 is 4.74 Å². The molecule has 0 fully saturated rings. The third-order valence-electron chi connectivity index (χ3n) is 2.89. The number of hydrogen-bond donors (Lipinski definition) is 0. The molecule has 0 atom stereocenters. The van der Waals surface area contributed by atoms with Crippen LogP contribution in [0.1, 0.15) is 16.7 Å². The molecule has 0 N–H and O–H groups in total. The number of hydrogen-bond acceptors (Lipinski definition) is 2. The van der Waals surface area contributed by atoms with Gasteiger partial charge in [-0.2, -0.15) is 0 Å². The molecule has 0 heterocycles. The zero-order valence-corrected chi connectivity index (χ0v) is 11.3. The highest BCUT2D eigenvalue weighted by atomic mass is 35.5. The van der Waals surface area contributed by atoms with Gasteiger partial charge in [0.1, 0.15) is 17.4 Å². The third kappa shape index (κ3) is 2.80. The fraction of sp³-hybridized carbons (Fsp3) is 0.133. The lowest BCUT2D eigenvalue weighted by Gasteiger charge is -2.11. The molecule has 5 heteroatoms. The summed E-state index contributed by atoms with van der Waals surface area (Å²) in [6.45, 7) is 0. The summed E-state index contributed by atoms with van der Waals surface area (Å²) in [5.41, 5.74) is 0.593. The molecule has 0 unspecified atom stereocenters. The zero-order valence-electron chi connectivity index (χ0n) is 10.5. The number of rotatable bonds is 4. The van der Waals surface area contributed by atoms with Gasteiger partial charge in [-0.25, -0.2) is 8.78 Å². The second kappa shape index (κ2) is 6.01. The summed E-state index contributed by atoms with van der Waals surface area (Å²) in [5, 5.41) is 0.00533. The van der Waals surface area contributed by atoms with Crippen LogP contribution in [0, 0.1) is 11.6 Å². The van der Waals surface area contributed by atoms with Crippen molar-refractivity contribution >= 4 is 17.9 Å². The van der Waals surface area contributed by atoms with E-state index >= 15 is 0 Å². The number of ether oxygens (including phenoxy) is 1. The molecule has 0 spiro atoms. The Bertz CT molecular complexity index is 657. The number of carbonyl (C=O) groups excluding carboxylic acids is 1. The van der Waals surface area contributed by atoms with Crippen molar-refractivity contribution in [2.75, 3.05) is 7.11 Å². The Hall–Kier alpha value is -1.94. The van der Waals surface area contributed by atoms with Gasteiger partial charge in [-0.3, -0.25) is 4.79 Å². The minimum atomic E-state index is -0.729. The molecule has 0 amide bonds. The third-order valence-corrected chi connectivity index (χ3v) is 3.18. The molecule has 0 saturated carbocycles. The zero-order chi connectivity index (χ0) is 14.7. The first-order valence-electron chi connectivity index (χ1n) is 5.74. The topological polar surface area (TPSA) is 26.3 Å². The lowest BCUT2D eigenvalue weighted by Crippen LogP contribution is -2.00. The Morgan fingerprint density at radius 2 is 2.00 bits per heavy atom. The second-order valence-electron chi connectivity index (χ2n) is 4.14. The van der Waals surface area contributed by atoms with E-state index < -0.39 is 11.6 Å². The van der Waals surface area contributed by atoms with Gasteiger partial charge in [0.15, 0.2) is 0 Å². The normalized spacial score (nSPS) is 10.4. The summed E-state index contributed by atoms with van der Waals surface area (Å²) in [5.74, 6) is -1.04. The van der Waals surface area contributed by atoms with Gasteiger partial charge < -0.3 is 4.74 Å². The predicted octanol–water partition coefficient (Wildman–Crippen LogP) is 3.68. The maximum absolute atomic E-state index is 13.9. The van der Waals surface area contributed by atoms with Crippen molar-refractivity contribution in [1.82, 2.24) is 0 Å². The summed E-state index contributed by atoms with van der Waals surface area (Å²) in [4.78, 5) is 10.7. The van der Waals surface area contributed by atoms with Crippen molar-refractivity contribution < 1.29 is 18.3 Å². The Morgan fingerprint density at radius 3 is 2.65 bits per heavy atom. The SMILES string of the molecule is COc1cc(F)c([C]=O)cc1Cc1cccc(Cl)c1F.